The number of nitrogens with zero attached hydrogens (tertiary/aromatic N) is 1. The predicted octanol–water partition coefficient (Wildman–Crippen LogP) is 4.01. The van der Waals surface area contributed by atoms with E-state index >= 15 is 0 Å². The molecule has 0 atom stereocenters. The molecule has 0 saturated heterocycles. The normalized spacial score (nSPS) is 10.4. The van der Waals surface area contributed by atoms with E-state index in [0.717, 1.165) is 15.3 Å². The van der Waals surface area contributed by atoms with Crippen LogP contribution in [0.4, 0.5) is 5.13 Å². The van der Waals surface area contributed by atoms with Crippen LogP contribution in [-0.4, -0.2) is 17.6 Å². The number of nitrogens with one attached hydrogen (secondary N) is 1. The van der Waals surface area contributed by atoms with Crippen LogP contribution in [0.2, 0.25) is 0 Å². The van der Waals surface area contributed by atoms with Crippen LogP contribution >= 0.6 is 27.3 Å². The lowest BCUT2D eigenvalue weighted by atomic mass is 10.2. The van der Waals surface area contributed by atoms with Gasteiger partial charge in [0.15, 0.2) is 5.13 Å². The first-order valence-corrected chi connectivity index (χ1v) is 8.43. The molecule has 0 saturated carbocycles. The lowest BCUT2D eigenvalue weighted by molar-refractivity contribution is -0.143. The van der Waals surface area contributed by atoms with Crippen molar-refractivity contribution in [3.05, 3.63) is 45.4 Å². The van der Waals surface area contributed by atoms with Crippen molar-refractivity contribution < 1.29 is 9.53 Å². The Bertz CT molecular complexity index is 601. The summed E-state index contributed by atoms with van der Waals surface area (Å²) in [6, 6.07) is 8.08. The Labute approximate surface area is 136 Å². The Kier molecular flexibility index (Phi) is 6.20. The highest BCUT2D eigenvalue weighted by Gasteiger charge is 2.07. The Morgan fingerprint density at radius 3 is 3.00 bits per heavy atom. The molecule has 1 heterocycles. The minimum Gasteiger partial charge on any atom is -0.466 e. The van der Waals surface area contributed by atoms with Crippen molar-refractivity contribution in [1.82, 2.24) is 4.98 Å². The van der Waals surface area contributed by atoms with Crippen molar-refractivity contribution in [2.24, 2.45) is 0 Å². The van der Waals surface area contributed by atoms with Crippen LogP contribution in [0.3, 0.4) is 0 Å². The van der Waals surface area contributed by atoms with Crippen LogP contribution in [-0.2, 0) is 22.5 Å². The van der Waals surface area contributed by atoms with Crippen LogP contribution in [0, 0.1) is 0 Å². The van der Waals surface area contributed by atoms with Gasteiger partial charge in [0.2, 0.25) is 0 Å². The summed E-state index contributed by atoms with van der Waals surface area (Å²) in [6.07, 6.45) is 0.993. The molecule has 0 bridgehead atoms. The zero-order valence-electron chi connectivity index (χ0n) is 11.8. The molecule has 2 rings (SSSR count). The van der Waals surface area contributed by atoms with Gasteiger partial charge in [-0.25, -0.2) is 4.98 Å². The number of halogens is 1. The quantitative estimate of drug-likeness (QED) is 0.750. The molecule has 0 amide bonds. The highest BCUT2D eigenvalue weighted by molar-refractivity contribution is 9.10. The molecule has 0 aliphatic heterocycles. The summed E-state index contributed by atoms with van der Waals surface area (Å²) in [7, 11) is 0. The van der Waals surface area contributed by atoms with Crippen LogP contribution in [0.25, 0.3) is 0 Å². The Morgan fingerprint density at radius 1 is 1.43 bits per heavy atom. The summed E-state index contributed by atoms with van der Waals surface area (Å²) in [5, 5.41) is 6.14. The minimum absolute atomic E-state index is 0.173. The van der Waals surface area contributed by atoms with Gasteiger partial charge < -0.3 is 10.1 Å². The molecular weight excluding hydrogens is 352 g/mol. The second-order valence-electron chi connectivity index (χ2n) is 4.39. The molecule has 4 nitrogen and oxygen atoms in total. The number of hydrogen-bond donors (Lipinski definition) is 1. The number of aryl methyl sites for hydroxylation is 1. The number of carbonyl (C=O) groups excluding carboxylic acids is 1. The molecule has 0 aliphatic carbocycles. The number of aromatic nitrogens is 1. The van der Waals surface area contributed by atoms with E-state index < -0.39 is 0 Å². The summed E-state index contributed by atoms with van der Waals surface area (Å²) in [5.41, 5.74) is 2.10. The van der Waals surface area contributed by atoms with E-state index in [2.05, 4.69) is 32.3 Å². The summed E-state index contributed by atoms with van der Waals surface area (Å²) in [4.78, 5) is 15.8. The summed E-state index contributed by atoms with van der Waals surface area (Å²) in [6.45, 7) is 2.95. The molecule has 1 N–H and O–H groups in total. The van der Waals surface area contributed by atoms with E-state index in [-0.39, 0.29) is 5.97 Å². The van der Waals surface area contributed by atoms with Gasteiger partial charge in [-0.2, -0.15) is 0 Å². The van der Waals surface area contributed by atoms with E-state index in [1.807, 2.05) is 30.5 Å². The van der Waals surface area contributed by atoms with Gasteiger partial charge in [-0.15, -0.1) is 11.3 Å². The fourth-order valence-electron chi connectivity index (χ4n) is 1.78. The fourth-order valence-corrected chi connectivity index (χ4v) is 2.95. The first kappa shape index (κ1) is 16.0. The first-order valence-electron chi connectivity index (χ1n) is 6.76. The van der Waals surface area contributed by atoms with Crippen molar-refractivity contribution >= 4 is 38.4 Å². The van der Waals surface area contributed by atoms with Crippen LogP contribution in [0.15, 0.2) is 34.1 Å². The number of esters is 1. The zero-order valence-corrected chi connectivity index (χ0v) is 14.2. The van der Waals surface area contributed by atoms with Gasteiger partial charge in [0.05, 0.1) is 18.7 Å². The van der Waals surface area contributed by atoms with Gasteiger partial charge in [-0.1, -0.05) is 34.1 Å². The van der Waals surface area contributed by atoms with Crippen molar-refractivity contribution in [2.45, 2.75) is 26.3 Å². The summed E-state index contributed by atoms with van der Waals surface area (Å²) < 4.78 is 5.98. The van der Waals surface area contributed by atoms with E-state index in [1.54, 1.807) is 11.3 Å². The average Bonchev–Trinajstić information content (AvgIpc) is 2.93. The standard InChI is InChI=1S/C15H17BrN2O2S/c1-2-20-14(19)8-7-12-10-21-15(18-12)17-9-11-5-3-4-6-13(11)16/h3-6,10H,2,7-9H2,1H3,(H,17,18). The molecule has 0 radical (unpaired) electrons. The Morgan fingerprint density at radius 2 is 2.24 bits per heavy atom. The van der Waals surface area contributed by atoms with Crippen LogP contribution in [0.1, 0.15) is 24.6 Å². The number of rotatable bonds is 7. The molecule has 1 aromatic heterocycles. The molecule has 0 unspecified atom stereocenters. The van der Waals surface area contributed by atoms with Crippen molar-refractivity contribution in [3.63, 3.8) is 0 Å². The third-order valence-electron chi connectivity index (χ3n) is 2.83. The molecular formula is C15H17BrN2O2S. The number of hydrogen-bond acceptors (Lipinski definition) is 5. The van der Waals surface area contributed by atoms with Gasteiger partial charge in [-0.05, 0) is 18.6 Å². The van der Waals surface area contributed by atoms with Gasteiger partial charge in [0, 0.05) is 22.8 Å². The number of benzene rings is 1. The average molecular weight is 369 g/mol. The molecule has 0 spiro atoms. The van der Waals surface area contributed by atoms with Crippen LogP contribution in [0.5, 0.6) is 0 Å². The molecule has 6 heteroatoms. The zero-order chi connectivity index (χ0) is 15.1. The topological polar surface area (TPSA) is 51.2 Å². The maximum atomic E-state index is 11.3. The predicted molar refractivity (Wildman–Crippen MR) is 88.5 cm³/mol. The smallest absolute Gasteiger partial charge is 0.306 e. The number of carbonyl (C=O) groups is 1. The van der Waals surface area contributed by atoms with Crippen molar-refractivity contribution in [2.75, 3.05) is 11.9 Å². The summed E-state index contributed by atoms with van der Waals surface area (Å²) >= 11 is 5.07. The molecule has 1 aromatic carbocycles. The molecule has 0 fully saturated rings. The third-order valence-corrected chi connectivity index (χ3v) is 4.45. The maximum absolute atomic E-state index is 11.3. The summed E-state index contributed by atoms with van der Waals surface area (Å²) in [5.74, 6) is -0.173. The lowest BCUT2D eigenvalue weighted by Gasteiger charge is -2.04. The van der Waals surface area contributed by atoms with E-state index in [4.69, 9.17) is 4.74 Å². The second kappa shape index (κ2) is 8.14. The first-order chi connectivity index (χ1) is 10.2. The molecule has 0 aliphatic rings. The van der Waals surface area contributed by atoms with Gasteiger partial charge in [0.1, 0.15) is 0 Å². The van der Waals surface area contributed by atoms with E-state index in [0.29, 0.717) is 26.0 Å². The highest BCUT2D eigenvalue weighted by atomic mass is 79.9. The van der Waals surface area contributed by atoms with Crippen LogP contribution < -0.4 is 5.32 Å². The van der Waals surface area contributed by atoms with E-state index in [1.165, 1.54) is 5.56 Å². The second-order valence-corrected chi connectivity index (χ2v) is 6.11. The fraction of sp³-hybridized carbons (Fsp3) is 0.333. The van der Waals surface area contributed by atoms with Crippen molar-refractivity contribution in [1.29, 1.82) is 0 Å². The number of thiazole rings is 1. The van der Waals surface area contributed by atoms with E-state index in [9.17, 15) is 4.79 Å². The molecule has 21 heavy (non-hydrogen) atoms. The monoisotopic (exact) mass is 368 g/mol. The molecule has 2 aromatic rings. The van der Waals surface area contributed by atoms with Crippen molar-refractivity contribution in [3.8, 4) is 0 Å². The number of anilines is 1. The number of ether oxygens (including phenoxy) is 1. The lowest BCUT2D eigenvalue weighted by Crippen LogP contribution is -2.05. The Balaban J connectivity index is 1.83. The maximum Gasteiger partial charge on any atom is 0.306 e. The SMILES string of the molecule is CCOC(=O)CCc1csc(NCc2ccccc2Br)n1. The highest BCUT2D eigenvalue weighted by Crippen LogP contribution is 2.20. The molecule has 112 valence electrons. The van der Waals surface area contributed by atoms with Gasteiger partial charge >= 0.3 is 5.97 Å². The third kappa shape index (κ3) is 5.13. The van der Waals surface area contributed by atoms with Gasteiger partial charge in [-0.3, -0.25) is 4.79 Å². The minimum atomic E-state index is -0.173. The van der Waals surface area contributed by atoms with Gasteiger partial charge in [0.25, 0.3) is 0 Å². The Hall–Kier alpha value is -1.40. The largest absolute Gasteiger partial charge is 0.466 e.